The third kappa shape index (κ3) is 2.73. The Morgan fingerprint density at radius 1 is 1.43 bits per heavy atom. The fourth-order valence-electron chi connectivity index (χ4n) is 3.93. The van der Waals surface area contributed by atoms with E-state index in [1.54, 1.807) is 0 Å². The summed E-state index contributed by atoms with van der Waals surface area (Å²) in [4.78, 5) is 2.60. The molecule has 1 saturated heterocycles. The Hall–Kier alpha value is -0.580. The van der Waals surface area contributed by atoms with Crippen LogP contribution >= 0.6 is 15.9 Å². The summed E-state index contributed by atoms with van der Waals surface area (Å²) < 4.78 is 7.06. The van der Waals surface area contributed by atoms with E-state index in [0.717, 1.165) is 50.9 Å². The zero-order valence-electron chi connectivity index (χ0n) is 12.6. The molecule has 0 spiro atoms. The van der Waals surface area contributed by atoms with Crippen LogP contribution < -0.4 is 10.1 Å². The van der Waals surface area contributed by atoms with E-state index in [-0.39, 0.29) is 0 Å². The van der Waals surface area contributed by atoms with Crippen LogP contribution in [0.2, 0.25) is 0 Å². The number of benzene rings is 1. The third-order valence-corrected chi connectivity index (χ3v) is 5.66. The van der Waals surface area contributed by atoms with Gasteiger partial charge in [-0.2, -0.15) is 0 Å². The van der Waals surface area contributed by atoms with Crippen molar-refractivity contribution in [3.63, 3.8) is 0 Å². The van der Waals surface area contributed by atoms with Gasteiger partial charge in [0.05, 0.1) is 6.61 Å². The van der Waals surface area contributed by atoms with Gasteiger partial charge < -0.3 is 10.1 Å². The summed E-state index contributed by atoms with van der Waals surface area (Å²) in [5, 5.41) is 3.75. The van der Waals surface area contributed by atoms with Crippen molar-refractivity contribution in [1.82, 2.24) is 10.2 Å². The third-order valence-electron chi connectivity index (χ3n) is 5.21. The van der Waals surface area contributed by atoms with Gasteiger partial charge in [-0.3, -0.25) is 4.90 Å². The predicted octanol–water partition coefficient (Wildman–Crippen LogP) is 2.96. The van der Waals surface area contributed by atoms with Gasteiger partial charge in [0.2, 0.25) is 0 Å². The molecule has 2 aliphatic heterocycles. The van der Waals surface area contributed by atoms with Crippen molar-refractivity contribution in [2.24, 2.45) is 5.92 Å². The molecule has 4 rings (SSSR count). The number of halogens is 1. The minimum atomic E-state index is 0.314. The first-order valence-electron chi connectivity index (χ1n) is 8.05. The van der Waals surface area contributed by atoms with E-state index in [1.165, 1.54) is 28.4 Å². The largest absolute Gasteiger partial charge is 0.493 e. The number of rotatable bonds is 3. The van der Waals surface area contributed by atoms with Gasteiger partial charge in [-0.1, -0.05) is 15.9 Å². The molecule has 1 aromatic rings. The molecule has 0 radical (unpaired) electrons. The molecule has 2 heterocycles. The highest BCUT2D eigenvalue weighted by molar-refractivity contribution is 9.10. The topological polar surface area (TPSA) is 24.5 Å². The molecule has 0 amide bonds. The Morgan fingerprint density at radius 3 is 3.10 bits per heavy atom. The molecule has 2 fully saturated rings. The summed E-state index contributed by atoms with van der Waals surface area (Å²) in [7, 11) is 0. The summed E-state index contributed by atoms with van der Waals surface area (Å²) in [6.07, 6.45) is 3.84. The molecule has 1 unspecified atom stereocenters. The van der Waals surface area contributed by atoms with Crippen LogP contribution in [-0.2, 0) is 13.0 Å². The normalized spacial score (nSPS) is 29.2. The number of nitrogens with zero attached hydrogens (tertiary/aromatic N) is 1. The average molecular weight is 351 g/mol. The van der Waals surface area contributed by atoms with Crippen LogP contribution in [-0.4, -0.2) is 36.7 Å². The van der Waals surface area contributed by atoms with E-state index >= 15 is 0 Å². The van der Waals surface area contributed by atoms with Crippen LogP contribution in [0.3, 0.4) is 0 Å². The van der Waals surface area contributed by atoms with Crippen LogP contribution in [0.15, 0.2) is 16.6 Å². The van der Waals surface area contributed by atoms with Crippen molar-refractivity contribution in [3.8, 4) is 5.75 Å². The maximum atomic E-state index is 5.87. The minimum absolute atomic E-state index is 0.314. The van der Waals surface area contributed by atoms with Gasteiger partial charge in [-0.05, 0) is 43.4 Å². The van der Waals surface area contributed by atoms with Gasteiger partial charge in [0.25, 0.3) is 0 Å². The summed E-state index contributed by atoms with van der Waals surface area (Å²) in [5.74, 6) is 2.02. The molecular weight excluding hydrogens is 328 g/mol. The molecule has 1 atom stereocenters. The summed E-state index contributed by atoms with van der Waals surface area (Å²) in [6, 6.07) is 4.44. The molecule has 4 heteroatoms. The highest BCUT2D eigenvalue weighted by atomic mass is 79.9. The molecule has 1 aliphatic carbocycles. The number of ether oxygens (including phenoxy) is 1. The zero-order valence-corrected chi connectivity index (χ0v) is 14.2. The Balaban J connectivity index is 1.53. The Labute approximate surface area is 135 Å². The quantitative estimate of drug-likeness (QED) is 0.906. The SMILES string of the molecule is CC1(C2CC2)CN(Cc2cc(Br)cc3c2OCC3)CCN1. The maximum absolute atomic E-state index is 5.87. The van der Waals surface area contributed by atoms with Crippen LogP contribution in [0.4, 0.5) is 0 Å². The van der Waals surface area contributed by atoms with E-state index in [4.69, 9.17) is 4.74 Å². The average Bonchev–Trinajstić information content (AvgIpc) is 3.19. The number of nitrogens with one attached hydrogen (secondary N) is 1. The lowest BCUT2D eigenvalue weighted by atomic mass is 9.92. The molecule has 1 aromatic carbocycles. The van der Waals surface area contributed by atoms with Crippen molar-refractivity contribution < 1.29 is 4.74 Å². The van der Waals surface area contributed by atoms with Gasteiger partial charge >= 0.3 is 0 Å². The number of hydrogen-bond donors (Lipinski definition) is 1. The summed E-state index contributed by atoms with van der Waals surface area (Å²) in [6.45, 7) is 7.62. The van der Waals surface area contributed by atoms with Crippen LogP contribution in [0.1, 0.15) is 30.9 Å². The second-order valence-electron chi connectivity index (χ2n) is 6.98. The predicted molar refractivity (Wildman–Crippen MR) is 87.7 cm³/mol. The van der Waals surface area contributed by atoms with E-state index < -0.39 is 0 Å². The van der Waals surface area contributed by atoms with Gasteiger partial charge in [-0.15, -0.1) is 0 Å². The first-order valence-corrected chi connectivity index (χ1v) is 8.85. The first-order chi connectivity index (χ1) is 10.1. The second kappa shape index (κ2) is 5.25. The van der Waals surface area contributed by atoms with Crippen molar-refractivity contribution in [2.75, 3.05) is 26.2 Å². The fraction of sp³-hybridized carbons (Fsp3) is 0.647. The van der Waals surface area contributed by atoms with Gasteiger partial charge in [0.15, 0.2) is 0 Å². The summed E-state index contributed by atoms with van der Waals surface area (Å²) in [5.41, 5.74) is 3.02. The molecule has 3 nitrogen and oxygen atoms in total. The summed E-state index contributed by atoms with van der Waals surface area (Å²) >= 11 is 3.65. The smallest absolute Gasteiger partial charge is 0.127 e. The lowest BCUT2D eigenvalue weighted by molar-refractivity contribution is 0.120. The lowest BCUT2D eigenvalue weighted by Gasteiger charge is -2.42. The van der Waals surface area contributed by atoms with Crippen LogP contribution in [0.5, 0.6) is 5.75 Å². The molecule has 0 bridgehead atoms. The van der Waals surface area contributed by atoms with E-state index in [1.807, 2.05) is 0 Å². The van der Waals surface area contributed by atoms with Crippen LogP contribution in [0, 0.1) is 5.92 Å². The van der Waals surface area contributed by atoms with E-state index in [9.17, 15) is 0 Å². The highest BCUT2D eigenvalue weighted by Gasteiger charge is 2.43. The molecule has 0 aromatic heterocycles. The van der Waals surface area contributed by atoms with Crippen molar-refractivity contribution in [2.45, 2.75) is 38.3 Å². The number of hydrogen-bond acceptors (Lipinski definition) is 3. The van der Waals surface area contributed by atoms with Gasteiger partial charge in [0, 0.05) is 48.2 Å². The molecular formula is C17H23BrN2O. The molecule has 114 valence electrons. The molecule has 1 saturated carbocycles. The molecule has 21 heavy (non-hydrogen) atoms. The molecule has 3 aliphatic rings. The number of piperazine rings is 1. The Kier molecular flexibility index (Phi) is 3.51. The van der Waals surface area contributed by atoms with Gasteiger partial charge in [0.1, 0.15) is 5.75 Å². The lowest BCUT2D eigenvalue weighted by Crippen LogP contribution is -2.59. The van der Waals surface area contributed by atoms with E-state index in [2.05, 4.69) is 45.2 Å². The number of fused-ring (bicyclic) bond motifs is 1. The molecule has 1 N–H and O–H groups in total. The Morgan fingerprint density at radius 2 is 2.29 bits per heavy atom. The highest BCUT2D eigenvalue weighted by Crippen LogP contribution is 2.41. The first kappa shape index (κ1) is 14.0. The zero-order chi connectivity index (χ0) is 14.4. The van der Waals surface area contributed by atoms with Crippen molar-refractivity contribution in [3.05, 3.63) is 27.7 Å². The van der Waals surface area contributed by atoms with Gasteiger partial charge in [-0.25, -0.2) is 0 Å². The second-order valence-corrected chi connectivity index (χ2v) is 7.90. The minimum Gasteiger partial charge on any atom is -0.493 e. The van der Waals surface area contributed by atoms with Crippen molar-refractivity contribution in [1.29, 1.82) is 0 Å². The van der Waals surface area contributed by atoms with Crippen molar-refractivity contribution >= 4 is 15.9 Å². The maximum Gasteiger partial charge on any atom is 0.127 e. The standard InChI is InChI=1S/C17H23BrN2O/c1-17(14-2-3-14)11-20(6-5-19-17)10-13-9-15(18)8-12-4-7-21-16(12)13/h8-9,14,19H,2-7,10-11H2,1H3. The Bertz CT molecular complexity index is 558. The van der Waals surface area contributed by atoms with E-state index in [0.29, 0.717) is 5.54 Å². The van der Waals surface area contributed by atoms with Crippen LogP contribution in [0.25, 0.3) is 0 Å². The monoisotopic (exact) mass is 350 g/mol. The fourth-order valence-corrected chi connectivity index (χ4v) is 4.48.